The van der Waals surface area contributed by atoms with Gasteiger partial charge in [-0.25, -0.2) is 0 Å². The van der Waals surface area contributed by atoms with Crippen molar-refractivity contribution in [1.29, 1.82) is 0 Å². The van der Waals surface area contributed by atoms with Crippen molar-refractivity contribution in [2.24, 2.45) is 5.92 Å². The Kier molecular flexibility index (Phi) is 5.67. The van der Waals surface area contributed by atoms with Crippen molar-refractivity contribution in [2.75, 3.05) is 32.6 Å². The van der Waals surface area contributed by atoms with Crippen LogP contribution in [0.15, 0.2) is 0 Å². The lowest BCUT2D eigenvalue weighted by Crippen LogP contribution is -2.34. The van der Waals surface area contributed by atoms with Gasteiger partial charge in [-0.05, 0) is 25.7 Å². The molecule has 1 fully saturated rings. The standard InChI is InChI=1S/C10H21NO2S/c1-9(14(2)12)6-11-7-10-4-3-5-13-8-10/h9-11H,3-8H2,1-2H3. The van der Waals surface area contributed by atoms with E-state index in [0.717, 1.165) is 26.3 Å². The summed E-state index contributed by atoms with van der Waals surface area (Å²) in [6.45, 7) is 5.67. The maximum atomic E-state index is 11.1. The minimum atomic E-state index is -0.710. The van der Waals surface area contributed by atoms with Crippen LogP contribution in [0.5, 0.6) is 0 Å². The van der Waals surface area contributed by atoms with Gasteiger partial charge in [-0.1, -0.05) is 0 Å². The van der Waals surface area contributed by atoms with E-state index in [9.17, 15) is 4.21 Å². The summed E-state index contributed by atoms with van der Waals surface area (Å²) in [7, 11) is -0.710. The number of hydrogen-bond donors (Lipinski definition) is 1. The van der Waals surface area contributed by atoms with E-state index in [2.05, 4.69) is 5.32 Å². The molecule has 0 bridgehead atoms. The van der Waals surface area contributed by atoms with E-state index in [1.807, 2.05) is 6.92 Å². The molecule has 3 nitrogen and oxygen atoms in total. The minimum absolute atomic E-state index is 0.250. The first kappa shape index (κ1) is 12.1. The van der Waals surface area contributed by atoms with Crippen molar-refractivity contribution in [3.63, 3.8) is 0 Å². The summed E-state index contributed by atoms with van der Waals surface area (Å²) in [5.74, 6) is 0.654. The summed E-state index contributed by atoms with van der Waals surface area (Å²) < 4.78 is 16.5. The number of rotatable bonds is 5. The lowest BCUT2D eigenvalue weighted by Gasteiger charge is -2.22. The van der Waals surface area contributed by atoms with Gasteiger partial charge in [0.25, 0.3) is 0 Å². The fourth-order valence-corrected chi connectivity index (χ4v) is 1.93. The van der Waals surface area contributed by atoms with E-state index in [-0.39, 0.29) is 5.25 Å². The molecule has 0 aromatic heterocycles. The smallest absolute Gasteiger partial charge is 0.0506 e. The molecule has 1 rings (SSSR count). The first-order valence-corrected chi connectivity index (χ1v) is 6.93. The van der Waals surface area contributed by atoms with E-state index in [1.165, 1.54) is 12.8 Å². The Balaban J connectivity index is 2.05. The molecule has 0 aromatic rings. The molecular weight excluding hydrogens is 198 g/mol. The van der Waals surface area contributed by atoms with E-state index in [1.54, 1.807) is 6.26 Å². The Morgan fingerprint density at radius 1 is 1.64 bits per heavy atom. The lowest BCUT2D eigenvalue weighted by molar-refractivity contribution is 0.0550. The van der Waals surface area contributed by atoms with Crippen molar-refractivity contribution in [2.45, 2.75) is 25.0 Å². The van der Waals surface area contributed by atoms with Gasteiger partial charge in [0.05, 0.1) is 6.61 Å². The number of ether oxygens (including phenoxy) is 1. The Morgan fingerprint density at radius 2 is 2.43 bits per heavy atom. The van der Waals surface area contributed by atoms with E-state index >= 15 is 0 Å². The Morgan fingerprint density at radius 3 is 3.00 bits per heavy atom. The van der Waals surface area contributed by atoms with Crippen molar-refractivity contribution < 1.29 is 8.95 Å². The zero-order chi connectivity index (χ0) is 10.4. The number of hydrogen-bond acceptors (Lipinski definition) is 3. The monoisotopic (exact) mass is 219 g/mol. The third kappa shape index (κ3) is 4.53. The van der Waals surface area contributed by atoms with E-state index in [0.29, 0.717) is 5.92 Å². The maximum Gasteiger partial charge on any atom is 0.0506 e. The van der Waals surface area contributed by atoms with E-state index < -0.39 is 10.8 Å². The summed E-state index contributed by atoms with van der Waals surface area (Å²) in [5.41, 5.74) is 0. The quantitative estimate of drug-likeness (QED) is 0.742. The van der Waals surface area contributed by atoms with Crippen LogP contribution in [0.2, 0.25) is 0 Å². The molecule has 0 aliphatic carbocycles. The van der Waals surface area contributed by atoms with Gasteiger partial charge in [-0.3, -0.25) is 4.21 Å². The van der Waals surface area contributed by atoms with Gasteiger partial charge in [0.2, 0.25) is 0 Å². The molecule has 1 heterocycles. The van der Waals surface area contributed by atoms with Crippen LogP contribution in [0.1, 0.15) is 19.8 Å². The van der Waals surface area contributed by atoms with Crippen LogP contribution in [0, 0.1) is 5.92 Å². The summed E-state index contributed by atoms with van der Waals surface area (Å²) in [6.07, 6.45) is 4.20. The second-order valence-corrected chi connectivity index (χ2v) is 5.85. The molecule has 0 amide bonds. The van der Waals surface area contributed by atoms with Crippen molar-refractivity contribution in [3.8, 4) is 0 Å². The Hall–Kier alpha value is 0.0700. The fraction of sp³-hybridized carbons (Fsp3) is 1.00. The van der Waals surface area contributed by atoms with Crippen molar-refractivity contribution in [3.05, 3.63) is 0 Å². The van der Waals surface area contributed by atoms with Crippen molar-refractivity contribution >= 4 is 10.8 Å². The molecule has 84 valence electrons. The van der Waals surface area contributed by atoms with E-state index in [4.69, 9.17) is 4.74 Å². The fourth-order valence-electron chi connectivity index (χ4n) is 1.58. The maximum absolute atomic E-state index is 11.1. The van der Waals surface area contributed by atoms with Crippen LogP contribution in [-0.4, -0.2) is 42.0 Å². The SMILES string of the molecule is CC(CNCC1CCCOC1)S(C)=O. The topological polar surface area (TPSA) is 38.3 Å². The summed E-state index contributed by atoms with van der Waals surface area (Å²) in [5, 5.41) is 3.61. The average molecular weight is 219 g/mol. The van der Waals surface area contributed by atoms with Gasteiger partial charge in [0, 0.05) is 42.0 Å². The Labute approximate surface area is 89.1 Å². The van der Waals surface area contributed by atoms with Gasteiger partial charge >= 0.3 is 0 Å². The molecule has 0 saturated carbocycles. The molecule has 0 aromatic carbocycles. The molecule has 14 heavy (non-hydrogen) atoms. The van der Waals surface area contributed by atoms with Gasteiger partial charge in [-0.15, -0.1) is 0 Å². The van der Waals surface area contributed by atoms with Crippen molar-refractivity contribution in [1.82, 2.24) is 5.32 Å². The van der Waals surface area contributed by atoms with Gasteiger partial charge in [-0.2, -0.15) is 0 Å². The molecule has 4 heteroatoms. The highest BCUT2D eigenvalue weighted by Crippen LogP contribution is 2.11. The third-order valence-electron chi connectivity index (χ3n) is 2.69. The van der Waals surface area contributed by atoms with Crippen LogP contribution in [0.4, 0.5) is 0 Å². The Bertz CT molecular complexity index is 181. The molecule has 3 atom stereocenters. The first-order valence-electron chi connectivity index (χ1n) is 5.31. The normalized spacial score (nSPS) is 27.1. The zero-order valence-corrected chi connectivity index (χ0v) is 9.94. The molecule has 0 radical (unpaired) electrons. The predicted octanol–water partition coefficient (Wildman–Crippen LogP) is 0.770. The first-order chi connectivity index (χ1) is 6.70. The molecule has 1 N–H and O–H groups in total. The largest absolute Gasteiger partial charge is 0.381 e. The third-order valence-corrected chi connectivity index (χ3v) is 3.99. The van der Waals surface area contributed by atoms with Crippen LogP contribution in [0.25, 0.3) is 0 Å². The molecule has 1 aliphatic heterocycles. The molecule has 1 saturated heterocycles. The van der Waals surface area contributed by atoms with Gasteiger partial charge in [0.1, 0.15) is 0 Å². The van der Waals surface area contributed by atoms with Gasteiger partial charge in [0.15, 0.2) is 0 Å². The van der Waals surface area contributed by atoms with Gasteiger partial charge < -0.3 is 10.1 Å². The van der Waals surface area contributed by atoms with Crippen LogP contribution >= 0.6 is 0 Å². The highest BCUT2D eigenvalue weighted by Gasteiger charge is 2.14. The number of nitrogens with one attached hydrogen (secondary N) is 1. The summed E-state index contributed by atoms with van der Waals surface area (Å²) in [4.78, 5) is 0. The summed E-state index contributed by atoms with van der Waals surface area (Å²) in [6, 6.07) is 0. The predicted molar refractivity (Wildman–Crippen MR) is 59.9 cm³/mol. The summed E-state index contributed by atoms with van der Waals surface area (Å²) >= 11 is 0. The molecule has 1 aliphatic rings. The molecule has 3 unspecified atom stereocenters. The van der Waals surface area contributed by atoms with Crippen LogP contribution in [0.3, 0.4) is 0 Å². The second-order valence-electron chi connectivity index (χ2n) is 4.05. The zero-order valence-electron chi connectivity index (χ0n) is 9.12. The second kappa shape index (κ2) is 6.53. The lowest BCUT2D eigenvalue weighted by atomic mass is 10.0. The molecular formula is C10H21NO2S. The van der Waals surface area contributed by atoms with Crippen LogP contribution < -0.4 is 5.32 Å². The minimum Gasteiger partial charge on any atom is -0.381 e. The highest BCUT2D eigenvalue weighted by molar-refractivity contribution is 7.84. The average Bonchev–Trinajstić information content (AvgIpc) is 2.19. The highest BCUT2D eigenvalue weighted by atomic mass is 32.2. The van der Waals surface area contributed by atoms with Crippen LogP contribution in [-0.2, 0) is 15.5 Å². The molecule has 0 spiro atoms.